The predicted molar refractivity (Wildman–Crippen MR) is 70.0 cm³/mol. The summed E-state index contributed by atoms with van der Waals surface area (Å²) in [5.74, 6) is -1.09. The first-order valence-corrected chi connectivity index (χ1v) is 6.93. The summed E-state index contributed by atoms with van der Waals surface area (Å²) in [5, 5.41) is 25.1. The van der Waals surface area contributed by atoms with Gasteiger partial charge in [-0.05, 0) is 29.3 Å². The molecule has 19 heavy (non-hydrogen) atoms. The number of urea groups is 1. The topological polar surface area (TPSA) is 89.9 Å². The van der Waals surface area contributed by atoms with Crippen molar-refractivity contribution >= 4 is 23.3 Å². The Morgan fingerprint density at radius 2 is 2.32 bits per heavy atom. The predicted octanol–water partition coefficient (Wildman–Crippen LogP) is 1.04. The Balaban J connectivity index is 2.01. The molecule has 1 unspecified atom stereocenters. The van der Waals surface area contributed by atoms with Gasteiger partial charge in [-0.15, -0.1) is 0 Å². The van der Waals surface area contributed by atoms with Crippen LogP contribution in [0.15, 0.2) is 16.8 Å². The summed E-state index contributed by atoms with van der Waals surface area (Å²) in [6, 6.07) is 0.307. The van der Waals surface area contributed by atoms with Crippen LogP contribution in [0.2, 0.25) is 0 Å². The van der Waals surface area contributed by atoms with Crippen LogP contribution in [-0.4, -0.2) is 45.8 Å². The lowest BCUT2D eigenvalue weighted by atomic mass is 10.2. The van der Waals surface area contributed by atoms with E-state index in [2.05, 4.69) is 5.32 Å². The van der Waals surface area contributed by atoms with Gasteiger partial charge < -0.3 is 20.4 Å². The SMILES string of the molecule is CC(NC(=O)N1C[C@H](O)C[C@@H]1C(=O)O)c1ccsc1. The second-order valence-corrected chi connectivity index (χ2v) is 5.40. The third-order valence-corrected chi connectivity index (χ3v) is 3.91. The molecule has 1 aromatic heterocycles. The van der Waals surface area contributed by atoms with Crippen LogP contribution in [-0.2, 0) is 4.79 Å². The molecule has 0 bridgehead atoms. The van der Waals surface area contributed by atoms with Gasteiger partial charge in [-0.25, -0.2) is 9.59 Å². The fourth-order valence-electron chi connectivity index (χ4n) is 2.15. The first-order valence-electron chi connectivity index (χ1n) is 5.99. The largest absolute Gasteiger partial charge is 0.480 e. The number of hydrogen-bond acceptors (Lipinski definition) is 4. The Morgan fingerprint density at radius 1 is 1.58 bits per heavy atom. The summed E-state index contributed by atoms with van der Waals surface area (Å²) in [4.78, 5) is 24.3. The third kappa shape index (κ3) is 3.05. The first kappa shape index (κ1) is 13.8. The molecule has 1 saturated heterocycles. The van der Waals surface area contributed by atoms with Gasteiger partial charge in [-0.2, -0.15) is 11.3 Å². The van der Waals surface area contributed by atoms with E-state index in [1.54, 1.807) is 0 Å². The van der Waals surface area contributed by atoms with Crippen molar-refractivity contribution in [1.82, 2.24) is 10.2 Å². The minimum atomic E-state index is -1.09. The highest BCUT2D eigenvalue weighted by atomic mass is 32.1. The molecule has 0 radical (unpaired) electrons. The van der Waals surface area contributed by atoms with Crippen LogP contribution in [0.3, 0.4) is 0 Å². The van der Waals surface area contributed by atoms with Crippen LogP contribution >= 0.6 is 11.3 Å². The number of β-amino-alcohol motifs (C(OH)–C–C–N with tert-alkyl or cyclic N) is 1. The Labute approximate surface area is 114 Å². The number of carboxylic acid groups (broad SMARTS) is 1. The van der Waals surface area contributed by atoms with Crippen LogP contribution < -0.4 is 5.32 Å². The number of likely N-dealkylation sites (tertiary alicyclic amines) is 1. The van der Waals surface area contributed by atoms with Gasteiger partial charge in [-0.3, -0.25) is 0 Å². The molecule has 2 rings (SSSR count). The van der Waals surface area contributed by atoms with Crippen molar-refractivity contribution < 1.29 is 19.8 Å². The maximum atomic E-state index is 12.1. The van der Waals surface area contributed by atoms with Crippen molar-refractivity contribution in [2.45, 2.75) is 31.5 Å². The zero-order chi connectivity index (χ0) is 14.0. The Kier molecular flexibility index (Phi) is 4.06. The van der Waals surface area contributed by atoms with Gasteiger partial charge in [0.2, 0.25) is 0 Å². The fraction of sp³-hybridized carbons (Fsp3) is 0.500. The van der Waals surface area contributed by atoms with Gasteiger partial charge in [0.25, 0.3) is 0 Å². The van der Waals surface area contributed by atoms with E-state index >= 15 is 0 Å². The minimum absolute atomic E-state index is 0.0547. The van der Waals surface area contributed by atoms with Crippen molar-refractivity contribution in [2.75, 3.05) is 6.54 Å². The molecule has 0 aliphatic carbocycles. The van der Waals surface area contributed by atoms with Crippen LogP contribution in [0.25, 0.3) is 0 Å². The zero-order valence-corrected chi connectivity index (χ0v) is 11.3. The second-order valence-electron chi connectivity index (χ2n) is 4.62. The molecule has 2 heterocycles. The number of hydrogen-bond donors (Lipinski definition) is 3. The molecule has 1 aromatic rings. The van der Waals surface area contributed by atoms with Gasteiger partial charge in [0.05, 0.1) is 12.1 Å². The van der Waals surface area contributed by atoms with E-state index in [1.165, 1.54) is 16.2 Å². The van der Waals surface area contributed by atoms with Crippen molar-refractivity contribution in [3.63, 3.8) is 0 Å². The molecule has 0 aromatic carbocycles. The first-order chi connectivity index (χ1) is 8.99. The van der Waals surface area contributed by atoms with E-state index in [0.717, 1.165) is 5.56 Å². The monoisotopic (exact) mass is 284 g/mol. The number of aliphatic hydroxyl groups is 1. The van der Waals surface area contributed by atoms with Gasteiger partial charge in [-0.1, -0.05) is 0 Å². The second kappa shape index (κ2) is 5.58. The Bertz CT molecular complexity index is 462. The Hall–Kier alpha value is -1.60. The lowest BCUT2D eigenvalue weighted by Crippen LogP contribution is -2.46. The quantitative estimate of drug-likeness (QED) is 0.773. The number of rotatable bonds is 3. The molecule has 3 N–H and O–H groups in total. The number of carboxylic acids is 1. The number of aliphatic carboxylic acids is 1. The number of thiophene rings is 1. The minimum Gasteiger partial charge on any atom is -0.480 e. The molecule has 0 saturated carbocycles. The zero-order valence-electron chi connectivity index (χ0n) is 10.4. The number of carbonyl (C=O) groups is 2. The van der Waals surface area contributed by atoms with Crippen LogP contribution in [0, 0.1) is 0 Å². The van der Waals surface area contributed by atoms with Gasteiger partial charge in [0.1, 0.15) is 6.04 Å². The highest BCUT2D eigenvalue weighted by molar-refractivity contribution is 7.07. The number of carbonyl (C=O) groups excluding carboxylic acids is 1. The molecule has 1 fully saturated rings. The van der Waals surface area contributed by atoms with Crippen LogP contribution in [0.1, 0.15) is 24.9 Å². The van der Waals surface area contributed by atoms with E-state index in [1.807, 2.05) is 23.8 Å². The summed E-state index contributed by atoms with van der Waals surface area (Å²) in [6.07, 6.45) is -0.696. The van der Waals surface area contributed by atoms with Crippen LogP contribution in [0.4, 0.5) is 4.79 Å². The summed E-state index contributed by atoms with van der Waals surface area (Å²) in [7, 11) is 0. The summed E-state index contributed by atoms with van der Waals surface area (Å²) in [5.41, 5.74) is 0.977. The standard InChI is InChI=1S/C12H16N2O4S/c1-7(8-2-3-19-6-8)13-12(18)14-5-9(15)4-10(14)11(16)17/h2-3,6-7,9-10,15H,4-5H2,1H3,(H,13,18)(H,16,17)/t7?,9-,10-/m1/s1. The number of nitrogens with one attached hydrogen (secondary N) is 1. The average molecular weight is 284 g/mol. The highest BCUT2D eigenvalue weighted by Crippen LogP contribution is 2.20. The maximum absolute atomic E-state index is 12.1. The molecule has 3 atom stereocenters. The van der Waals surface area contributed by atoms with Gasteiger partial charge in [0, 0.05) is 13.0 Å². The molecule has 104 valence electrons. The van der Waals surface area contributed by atoms with Gasteiger partial charge >= 0.3 is 12.0 Å². The van der Waals surface area contributed by atoms with E-state index in [0.29, 0.717) is 0 Å². The number of amides is 2. The van der Waals surface area contributed by atoms with Crippen LogP contribution in [0.5, 0.6) is 0 Å². The Morgan fingerprint density at radius 3 is 2.89 bits per heavy atom. The molecule has 1 aliphatic heterocycles. The highest BCUT2D eigenvalue weighted by Gasteiger charge is 2.39. The maximum Gasteiger partial charge on any atom is 0.326 e. The van der Waals surface area contributed by atoms with E-state index < -0.39 is 24.1 Å². The molecular formula is C12H16N2O4S. The average Bonchev–Trinajstić information content (AvgIpc) is 2.96. The van der Waals surface area contributed by atoms with Crippen molar-refractivity contribution in [3.8, 4) is 0 Å². The van der Waals surface area contributed by atoms with Crippen molar-refractivity contribution in [2.24, 2.45) is 0 Å². The van der Waals surface area contributed by atoms with E-state index in [9.17, 15) is 14.7 Å². The summed E-state index contributed by atoms with van der Waals surface area (Å²) in [6.45, 7) is 1.89. The summed E-state index contributed by atoms with van der Waals surface area (Å²) < 4.78 is 0. The molecule has 6 nitrogen and oxygen atoms in total. The number of nitrogens with zero attached hydrogens (tertiary/aromatic N) is 1. The lowest BCUT2D eigenvalue weighted by Gasteiger charge is -2.23. The van der Waals surface area contributed by atoms with Crippen molar-refractivity contribution in [1.29, 1.82) is 0 Å². The molecular weight excluding hydrogens is 268 g/mol. The molecule has 7 heteroatoms. The van der Waals surface area contributed by atoms with Crippen molar-refractivity contribution in [3.05, 3.63) is 22.4 Å². The lowest BCUT2D eigenvalue weighted by molar-refractivity contribution is -0.141. The van der Waals surface area contributed by atoms with Gasteiger partial charge in [0.15, 0.2) is 0 Å². The smallest absolute Gasteiger partial charge is 0.326 e. The number of aliphatic hydroxyl groups excluding tert-OH is 1. The molecule has 2 amide bonds. The normalized spacial score (nSPS) is 24.2. The summed E-state index contributed by atoms with van der Waals surface area (Å²) >= 11 is 1.53. The third-order valence-electron chi connectivity index (χ3n) is 3.21. The molecule has 1 aliphatic rings. The molecule has 0 spiro atoms. The fourth-order valence-corrected chi connectivity index (χ4v) is 2.90. The van der Waals surface area contributed by atoms with E-state index in [-0.39, 0.29) is 19.0 Å². The van der Waals surface area contributed by atoms with E-state index in [4.69, 9.17) is 5.11 Å².